The smallest absolute Gasteiger partial charge is 0.197 e. The quantitative estimate of drug-likeness (QED) is 0.550. The molecule has 5 heteroatoms. The predicted octanol–water partition coefficient (Wildman–Crippen LogP) is 5.95. The number of nitrogens with one attached hydrogen (secondary N) is 2. The highest BCUT2D eigenvalue weighted by atomic mass is 35.5. The highest BCUT2D eigenvalue weighted by molar-refractivity contribution is 6.31. The fourth-order valence-electron chi connectivity index (χ4n) is 4.13. The van der Waals surface area contributed by atoms with E-state index in [0.29, 0.717) is 5.02 Å². The Morgan fingerprint density at radius 1 is 0.893 bits per heavy atom. The first-order chi connectivity index (χ1) is 13.7. The summed E-state index contributed by atoms with van der Waals surface area (Å²) in [4.78, 5) is 4.82. The second kappa shape index (κ2) is 7.16. The topological polar surface area (TPSA) is 36.4 Å². The van der Waals surface area contributed by atoms with E-state index < -0.39 is 0 Å². The fourth-order valence-corrected chi connectivity index (χ4v) is 4.55. The molecule has 0 fully saturated rings. The highest BCUT2D eigenvalue weighted by Gasteiger charge is 2.28. The molecule has 1 aliphatic heterocycles. The van der Waals surface area contributed by atoms with Gasteiger partial charge in [0.2, 0.25) is 0 Å². The van der Waals surface area contributed by atoms with Crippen molar-refractivity contribution in [3.63, 3.8) is 0 Å². The maximum Gasteiger partial charge on any atom is 0.197 e. The van der Waals surface area contributed by atoms with Gasteiger partial charge in [-0.3, -0.25) is 0 Å². The van der Waals surface area contributed by atoms with Crippen LogP contribution in [0.25, 0.3) is 0 Å². The maximum absolute atomic E-state index is 6.52. The van der Waals surface area contributed by atoms with Crippen LogP contribution in [-0.4, -0.2) is 5.96 Å². The number of hydrogen-bond acceptors (Lipinski definition) is 3. The molecule has 3 aromatic rings. The minimum absolute atomic E-state index is 0.112. The molecule has 1 heterocycles. The Kier molecular flexibility index (Phi) is 4.50. The summed E-state index contributed by atoms with van der Waals surface area (Å²) in [7, 11) is 0. The van der Waals surface area contributed by atoms with Crippen LogP contribution >= 0.6 is 23.2 Å². The van der Waals surface area contributed by atoms with E-state index in [1.54, 1.807) is 0 Å². The van der Waals surface area contributed by atoms with Crippen LogP contribution in [0.2, 0.25) is 10.0 Å². The van der Waals surface area contributed by atoms with Gasteiger partial charge in [0.15, 0.2) is 5.96 Å². The Hall–Kier alpha value is -2.49. The molecule has 140 valence electrons. The second-order valence-corrected chi connectivity index (χ2v) is 8.04. The summed E-state index contributed by atoms with van der Waals surface area (Å²) >= 11 is 12.8. The zero-order valence-electron chi connectivity index (χ0n) is 15.1. The molecule has 0 saturated carbocycles. The van der Waals surface area contributed by atoms with Crippen molar-refractivity contribution in [1.29, 1.82) is 0 Å². The third-order valence-electron chi connectivity index (χ3n) is 5.47. The molecule has 3 aromatic carbocycles. The third-order valence-corrected chi connectivity index (χ3v) is 6.05. The molecular formula is C23H19Cl2N3. The molecule has 1 aliphatic carbocycles. The summed E-state index contributed by atoms with van der Waals surface area (Å²) in [5, 5.41) is 8.57. The monoisotopic (exact) mass is 407 g/mol. The van der Waals surface area contributed by atoms with Crippen molar-refractivity contribution in [2.75, 3.05) is 0 Å². The first-order valence-corrected chi connectivity index (χ1v) is 10.2. The normalized spacial score (nSPS) is 20.0. The van der Waals surface area contributed by atoms with Crippen LogP contribution in [0.1, 0.15) is 40.8 Å². The average Bonchev–Trinajstić information content (AvgIpc) is 3.11. The van der Waals surface area contributed by atoms with Gasteiger partial charge >= 0.3 is 0 Å². The first kappa shape index (κ1) is 17.6. The number of benzene rings is 3. The lowest BCUT2D eigenvalue weighted by Crippen LogP contribution is -2.43. The Labute approximate surface area is 174 Å². The SMILES string of the molecule is Clc1ccc2c(c1)[C@@H](c1ccccc1Cl)NC(NC1CCc3ccccc31)=N2. The Bertz CT molecular complexity index is 1080. The number of nitrogens with zero attached hydrogens (tertiary/aromatic N) is 1. The Morgan fingerprint density at radius 2 is 1.68 bits per heavy atom. The van der Waals surface area contributed by atoms with E-state index in [4.69, 9.17) is 28.2 Å². The van der Waals surface area contributed by atoms with Gasteiger partial charge in [-0.05, 0) is 53.8 Å². The number of halogens is 2. The van der Waals surface area contributed by atoms with Crippen molar-refractivity contribution < 1.29 is 0 Å². The molecule has 0 spiro atoms. The van der Waals surface area contributed by atoms with Crippen LogP contribution in [0.3, 0.4) is 0 Å². The molecule has 0 bridgehead atoms. The highest BCUT2D eigenvalue weighted by Crippen LogP contribution is 2.38. The zero-order valence-corrected chi connectivity index (χ0v) is 16.6. The molecular weight excluding hydrogens is 389 g/mol. The molecule has 1 unspecified atom stereocenters. The number of rotatable bonds is 2. The van der Waals surface area contributed by atoms with Crippen molar-refractivity contribution in [2.24, 2.45) is 4.99 Å². The molecule has 0 aromatic heterocycles. The number of fused-ring (bicyclic) bond motifs is 2. The van der Waals surface area contributed by atoms with E-state index >= 15 is 0 Å². The molecule has 0 saturated heterocycles. The van der Waals surface area contributed by atoms with Gasteiger partial charge in [0.05, 0.1) is 17.8 Å². The van der Waals surface area contributed by atoms with Gasteiger partial charge in [-0.25, -0.2) is 4.99 Å². The molecule has 5 rings (SSSR count). The Morgan fingerprint density at radius 3 is 2.54 bits per heavy atom. The van der Waals surface area contributed by atoms with Crippen LogP contribution < -0.4 is 10.6 Å². The minimum atomic E-state index is -0.112. The van der Waals surface area contributed by atoms with Crippen LogP contribution in [0, 0.1) is 0 Å². The number of aryl methyl sites for hydroxylation is 1. The van der Waals surface area contributed by atoms with Gasteiger partial charge in [0.25, 0.3) is 0 Å². The van der Waals surface area contributed by atoms with Gasteiger partial charge in [0, 0.05) is 15.6 Å². The predicted molar refractivity (Wildman–Crippen MR) is 116 cm³/mol. The number of hydrogen-bond donors (Lipinski definition) is 2. The number of aliphatic imine (C=N–C) groups is 1. The van der Waals surface area contributed by atoms with E-state index in [0.717, 1.165) is 40.6 Å². The van der Waals surface area contributed by atoms with E-state index in [2.05, 4.69) is 34.9 Å². The molecule has 2 N–H and O–H groups in total. The fraction of sp³-hybridized carbons (Fsp3) is 0.174. The average molecular weight is 408 g/mol. The molecule has 0 radical (unpaired) electrons. The van der Waals surface area contributed by atoms with Crippen molar-refractivity contribution >= 4 is 34.8 Å². The summed E-state index contributed by atoms with van der Waals surface area (Å²) in [6.45, 7) is 0. The summed E-state index contributed by atoms with van der Waals surface area (Å²) in [5.74, 6) is 0.765. The standard InChI is InChI=1S/C23H19Cl2N3/c24-15-10-12-21-18(13-15)22(17-7-3-4-8-19(17)25)28-23(27-21)26-20-11-9-14-5-1-2-6-16(14)20/h1-8,10,12-13,20,22H,9,11H2,(H2,26,27,28)/t20?,22-/m1/s1. The van der Waals surface area contributed by atoms with Crippen molar-refractivity contribution in [3.05, 3.63) is 99.0 Å². The van der Waals surface area contributed by atoms with Crippen molar-refractivity contribution in [2.45, 2.75) is 24.9 Å². The van der Waals surface area contributed by atoms with E-state index in [-0.39, 0.29) is 12.1 Å². The maximum atomic E-state index is 6.52. The lowest BCUT2D eigenvalue weighted by molar-refractivity contribution is 0.607. The largest absolute Gasteiger partial charge is 0.349 e. The van der Waals surface area contributed by atoms with E-state index in [1.165, 1.54) is 11.1 Å². The third kappa shape index (κ3) is 3.15. The van der Waals surface area contributed by atoms with Gasteiger partial charge in [-0.2, -0.15) is 0 Å². The summed E-state index contributed by atoms with van der Waals surface area (Å²) in [6.07, 6.45) is 2.14. The summed E-state index contributed by atoms with van der Waals surface area (Å²) in [5.41, 5.74) is 5.70. The Balaban J connectivity index is 1.52. The van der Waals surface area contributed by atoms with Crippen LogP contribution in [0.5, 0.6) is 0 Å². The van der Waals surface area contributed by atoms with Gasteiger partial charge in [-0.1, -0.05) is 65.7 Å². The van der Waals surface area contributed by atoms with E-state index in [1.807, 2.05) is 42.5 Å². The molecule has 3 nitrogen and oxygen atoms in total. The molecule has 28 heavy (non-hydrogen) atoms. The van der Waals surface area contributed by atoms with Crippen LogP contribution in [0.15, 0.2) is 71.7 Å². The van der Waals surface area contributed by atoms with Crippen LogP contribution in [-0.2, 0) is 6.42 Å². The van der Waals surface area contributed by atoms with Crippen molar-refractivity contribution in [3.8, 4) is 0 Å². The number of guanidine groups is 1. The van der Waals surface area contributed by atoms with Crippen molar-refractivity contribution in [1.82, 2.24) is 10.6 Å². The summed E-state index contributed by atoms with van der Waals surface area (Å²) < 4.78 is 0. The summed E-state index contributed by atoms with van der Waals surface area (Å²) in [6, 6.07) is 22.4. The zero-order chi connectivity index (χ0) is 19.1. The van der Waals surface area contributed by atoms with Gasteiger partial charge < -0.3 is 10.6 Å². The molecule has 2 atom stereocenters. The molecule has 0 amide bonds. The van der Waals surface area contributed by atoms with E-state index in [9.17, 15) is 0 Å². The second-order valence-electron chi connectivity index (χ2n) is 7.20. The van der Waals surface area contributed by atoms with Gasteiger partial charge in [0.1, 0.15) is 0 Å². The van der Waals surface area contributed by atoms with Crippen LogP contribution in [0.4, 0.5) is 5.69 Å². The molecule has 2 aliphatic rings. The minimum Gasteiger partial charge on any atom is -0.349 e. The van der Waals surface area contributed by atoms with Gasteiger partial charge in [-0.15, -0.1) is 0 Å². The lowest BCUT2D eigenvalue weighted by atomic mass is 9.96. The lowest BCUT2D eigenvalue weighted by Gasteiger charge is -2.30. The first-order valence-electron chi connectivity index (χ1n) is 9.42.